The van der Waals surface area contributed by atoms with Gasteiger partial charge in [-0.15, -0.1) is 0 Å². The Morgan fingerprint density at radius 1 is 1.00 bits per heavy atom. The van der Waals surface area contributed by atoms with Gasteiger partial charge in [-0.1, -0.05) is 0 Å². The Labute approximate surface area is 148 Å². The highest BCUT2D eigenvalue weighted by atomic mass is 16.5. The fraction of sp³-hybridized carbons (Fsp3) is 0.350. The van der Waals surface area contributed by atoms with E-state index in [1.807, 2.05) is 53.4 Å². The summed E-state index contributed by atoms with van der Waals surface area (Å²) >= 11 is 0. The van der Waals surface area contributed by atoms with Crippen molar-refractivity contribution in [2.75, 3.05) is 38.7 Å². The third kappa shape index (κ3) is 4.66. The Morgan fingerprint density at radius 3 is 2.28 bits per heavy atom. The van der Waals surface area contributed by atoms with E-state index >= 15 is 0 Å². The molecule has 0 spiro atoms. The molecular formula is C20H24N2O3. The van der Waals surface area contributed by atoms with Crippen LogP contribution < -0.4 is 14.8 Å². The third-order valence-corrected chi connectivity index (χ3v) is 4.28. The average molecular weight is 340 g/mol. The molecule has 0 bridgehead atoms. The van der Waals surface area contributed by atoms with Crippen molar-refractivity contribution in [2.24, 2.45) is 0 Å². The molecule has 3 rings (SSSR count). The van der Waals surface area contributed by atoms with E-state index in [1.165, 1.54) is 0 Å². The van der Waals surface area contributed by atoms with Gasteiger partial charge in [0.25, 0.3) is 5.91 Å². The molecule has 5 heteroatoms. The van der Waals surface area contributed by atoms with Gasteiger partial charge in [-0.05, 0) is 61.4 Å². The number of carbonyl (C=O) groups is 1. The standard InChI is InChI=1S/C20H24N2O3/c1-24-18-8-10-19(11-9-18)25-15-12-21-17-6-4-16(5-7-17)20(23)22-13-2-3-14-22/h4-11,21H,2-3,12-15H2,1H3. The molecule has 1 aliphatic heterocycles. The summed E-state index contributed by atoms with van der Waals surface area (Å²) in [5, 5.41) is 3.30. The smallest absolute Gasteiger partial charge is 0.253 e. The van der Waals surface area contributed by atoms with Gasteiger partial charge in [0.2, 0.25) is 0 Å². The Bertz CT molecular complexity index is 677. The predicted octanol–water partition coefficient (Wildman–Crippen LogP) is 3.42. The SMILES string of the molecule is COc1ccc(OCCNc2ccc(C(=O)N3CCCC3)cc2)cc1. The van der Waals surface area contributed by atoms with Crippen molar-refractivity contribution in [3.63, 3.8) is 0 Å². The van der Waals surface area contributed by atoms with Gasteiger partial charge in [0.15, 0.2) is 0 Å². The number of methoxy groups -OCH3 is 1. The van der Waals surface area contributed by atoms with Gasteiger partial charge in [0.05, 0.1) is 7.11 Å². The van der Waals surface area contributed by atoms with Gasteiger partial charge in [0, 0.05) is 30.9 Å². The van der Waals surface area contributed by atoms with E-state index in [9.17, 15) is 4.79 Å². The van der Waals surface area contributed by atoms with Gasteiger partial charge in [-0.25, -0.2) is 0 Å². The van der Waals surface area contributed by atoms with Crippen LogP contribution in [0.3, 0.4) is 0 Å². The van der Waals surface area contributed by atoms with Crippen molar-refractivity contribution in [3.05, 3.63) is 54.1 Å². The molecule has 1 N–H and O–H groups in total. The molecule has 1 amide bonds. The van der Waals surface area contributed by atoms with Gasteiger partial charge < -0.3 is 19.7 Å². The first-order chi connectivity index (χ1) is 12.3. The number of benzene rings is 2. The third-order valence-electron chi connectivity index (χ3n) is 4.28. The molecule has 0 unspecified atom stereocenters. The number of rotatable bonds is 7. The van der Waals surface area contributed by atoms with Crippen LogP contribution in [-0.4, -0.2) is 44.2 Å². The number of nitrogens with zero attached hydrogens (tertiary/aromatic N) is 1. The number of likely N-dealkylation sites (tertiary alicyclic amines) is 1. The summed E-state index contributed by atoms with van der Waals surface area (Å²) in [5.74, 6) is 1.76. The highest BCUT2D eigenvalue weighted by Crippen LogP contribution is 2.17. The molecule has 1 saturated heterocycles. The molecule has 1 heterocycles. The molecular weight excluding hydrogens is 316 g/mol. The van der Waals surface area contributed by atoms with E-state index in [4.69, 9.17) is 9.47 Å². The molecule has 0 atom stereocenters. The molecule has 2 aromatic carbocycles. The minimum Gasteiger partial charge on any atom is -0.497 e. The molecule has 25 heavy (non-hydrogen) atoms. The lowest BCUT2D eigenvalue weighted by molar-refractivity contribution is 0.0793. The van der Waals surface area contributed by atoms with E-state index < -0.39 is 0 Å². The second-order valence-corrected chi connectivity index (χ2v) is 6.03. The molecule has 0 radical (unpaired) electrons. The molecule has 0 aromatic heterocycles. The van der Waals surface area contributed by atoms with Crippen LogP contribution in [-0.2, 0) is 0 Å². The Hall–Kier alpha value is -2.69. The number of ether oxygens (including phenoxy) is 2. The fourth-order valence-corrected chi connectivity index (χ4v) is 2.87. The van der Waals surface area contributed by atoms with E-state index in [2.05, 4.69) is 5.32 Å². The molecule has 1 fully saturated rings. The molecule has 1 aliphatic rings. The van der Waals surface area contributed by atoms with E-state index in [0.29, 0.717) is 13.2 Å². The largest absolute Gasteiger partial charge is 0.497 e. The lowest BCUT2D eigenvalue weighted by atomic mass is 10.2. The lowest BCUT2D eigenvalue weighted by Crippen LogP contribution is -2.27. The first kappa shape index (κ1) is 17.1. The summed E-state index contributed by atoms with van der Waals surface area (Å²) in [5.41, 5.74) is 1.73. The van der Waals surface area contributed by atoms with Crippen molar-refractivity contribution in [1.29, 1.82) is 0 Å². The van der Waals surface area contributed by atoms with Crippen LogP contribution in [0.2, 0.25) is 0 Å². The Kier molecular flexibility index (Phi) is 5.77. The number of nitrogens with one attached hydrogen (secondary N) is 1. The monoisotopic (exact) mass is 340 g/mol. The lowest BCUT2D eigenvalue weighted by Gasteiger charge is -2.15. The molecule has 0 saturated carbocycles. The normalized spacial score (nSPS) is 13.6. The molecule has 0 aliphatic carbocycles. The van der Waals surface area contributed by atoms with Crippen molar-refractivity contribution < 1.29 is 14.3 Å². The predicted molar refractivity (Wildman–Crippen MR) is 98.6 cm³/mol. The van der Waals surface area contributed by atoms with Crippen molar-refractivity contribution in [3.8, 4) is 11.5 Å². The maximum Gasteiger partial charge on any atom is 0.253 e. The van der Waals surface area contributed by atoms with Gasteiger partial charge in [0.1, 0.15) is 18.1 Å². The number of hydrogen-bond donors (Lipinski definition) is 1. The van der Waals surface area contributed by atoms with Crippen molar-refractivity contribution in [2.45, 2.75) is 12.8 Å². The van der Waals surface area contributed by atoms with E-state index in [1.54, 1.807) is 7.11 Å². The molecule has 2 aromatic rings. The van der Waals surface area contributed by atoms with Crippen LogP contribution in [0.15, 0.2) is 48.5 Å². The van der Waals surface area contributed by atoms with Crippen LogP contribution >= 0.6 is 0 Å². The first-order valence-corrected chi connectivity index (χ1v) is 8.66. The van der Waals surface area contributed by atoms with Gasteiger partial charge in [-0.2, -0.15) is 0 Å². The van der Waals surface area contributed by atoms with Crippen LogP contribution in [0.25, 0.3) is 0 Å². The Morgan fingerprint density at radius 2 is 1.64 bits per heavy atom. The fourth-order valence-electron chi connectivity index (χ4n) is 2.87. The summed E-state index contributed by atoms with van der Waals surface area (Å²) < 4.78 is 10.8. The maximum atomic E-state index is 12.3. The number of hydrogen-bond acceptors (Lipinski definition) is 4. The van der Waals surface area contributed by atoms with Crippen LogP contribution in [0.4, 0.5) is 5.69 Å². The maximum absolute atomic E-state index is 12.3. The average Bonchev–Trinajstić information content (AvgIpc) is 3.20. The summed E-state index contributed by atoms with van der Waals surface area (Å²) in [7, 11) is 1.64. The van der Waals surface area contributed by atoms with E-state index in [0.717, 1.165) is 48.7 Å². The van der Waals surface area contributed by atoms with Crippen LogP contribution in [0.5, 0.6) is 11.5 Å². The number of anilines is 1. The number of amides is 1. The highest BCUT2D eigenvalue weighted by molar-refractivity contribution is 5.94. The molecule has 5 nitrogen and oxygen atoms in total. The minimum atomic E-state index is 0.131. The zero-order valence-electron chi connectivity index (χ0n) is 14.5. The quantitative estimate of drug-likeness (QED) is 0.785. The Balaban J connectivity index is 1.43. The van der Waals surface area contributed by atoms with Crippen LogP contribution in [0.1, 0.15) is 23.2 Å². The summed E-state index contributed by atoms with van der Waals surface area (Å²) in [6.45, 7) is 3.00. The van der Waals surface area contributed by atoms with Gasteiger partial charge in [-0.3, -0.25) is 4.79 Å². The topological polar surface area (TPSA) is 50.8 Å². The zero-order chi connectivity index (χ0) is 17.5. The van der Waals surface area contributed by atoms with Crippen molar-refractivity contribution >= 4 is 11.6 Å². The van der Waals surface area contributed by atoms with Crippen molar-refractivity contribution in [1.82, 2.24) is 4.90 Å². The minimum absolute atomic E-state index is 0.131. The van der Waals surface area contributed by atoms with Crippen LogP contribution in [0, 0.1) is 0 Å². The van der Waals surface area contributed by atoms with E-state index in [-0.39, 0.29) is 5.91 Å². The summed E-state index contributed by atoms with van der Waals surface area (Å²) in [4.78, 5) is 14.2. The summed E-state index contributed by atoms with van der Waals surface area (Å²) in [6.07, 6.45) is 2.22. The van der Waals surface area contributed by atoms with Gasteiger partial charge >= 0.3 is 0 Å². The zero-order valence-corrected chi connectivity index (χ0v) is 14.5. The second-order valence-electron chi connectivity index (χ2n) is 6.03. The second kappa shape index (κ2) is 8.42. The number of carbonyl (C=O) groups excluding carboxylic acids is 1. The highest BCUT2D eigenvalue weighted by Gasteiger charge is 2.18. The first-order valence-electron chi connectivity index (χ1n) is 8.66. The molecule has 132 valence electrons. The summed E-state index contributed by atoms with van der Waals surface area (Å²) in [6, 6.07) is 15.2.